The summed E-state index contributed by atoms with van der Waals surface area (Å²) in [7, 11) is 0. The van der Waals surface area contributed by atoms with Gasteiger partial charge < -0.3 is 10.1 Å². The molecule has 0 aliphatic carbocycles. The molecule has 1 aromatic heterocycles. The molecule has 3 heteroatoms. The van der Waals surface area contributed by atoms with Crippen LogP contribution in [0.25, 0.3) is 0 Å². The van der Waals surface area contributed by atoms with Gasteiger partial charge in [0.15, 0.2) is 0 Å². The van der Waals surface area contributed by atoms with Crippen molar-refractivity contribution in [2.75, 3.05) is 13.2 Å². The fraction of sp³-hybridized carbons (Fsp3) is 0.500. The summed E-state index contributed by atoms with van der Waals surface area (Å²) < 4.78 is 5.43. The SMILES string of the molecule is CCNC(C1=COCCC1)c1cc(C)ccn1. The molecule has 1 unspecified atom stereocenters. The zero-order valence-electron chi connectivity index (χ0n) is 10.6. The molecule has 0 radical (unpaired) electrons. The van der Waals surface area contributed by atoms with Crippen LogP contribution < -0.4 is 5.32 Å². The molecule has 2 heterocycles. The van der Waals surface area contributed by atoms with Crippen LogP contribution in [0, 0.1) is 6.92 Å². The third kappa shape index (κ3) is 3.07. The van der Waals surface area contributed by atoms with Gasteiger partial charge in [-0.1, -0.05) is 6.92 Å². The van der Waals surface area contributed by atoms with E-state index in [1.807, 2.05) is 18.5 Å². The lowest BCUT2D eigenvalue weighted by molar-refractivity contribution is 0.219. The lowest BCUT2D eigenvalue weighted by Gasteiger charge is -2.23. The molecule has 1 aliphatic heterocycles. The Hall–Kier alpha value is -1.35. The molecule has 17 heavy (non-hydrogen) atoms. The molecule has 2 rings (SSSR count). The average molecular weight is 232 g/mol. The summed E-state index contributed by atoms with van der Waals surface area (Å²) in [4.78, 5) is 4.47. The van der Waals surface area contributed by atoms with Crippen LogP contribution in [-0.4, -0.2) is 18.1 Å². The number of aryl methyl sites for hydroxylation is 1. The second kappa shape index (κ2) is 5.82. The highest BCUT2D eigenvalue weighted by Crippen LogP contribution is 2.26. The van der Waals surface area contributed by atoms with Gasteiger partial charge in [-0.3, -0.25) is 4.98 Å². The molecular formula is C14H20N2O. The van der Waals surface area contributed by atoms with Crippen LogP contribution in [0.1, 0.15) is 37.1 Å². The lowest BCUT2D eigenvalue weighted by atomic mass is 9.98. The van der Waals surface area contributed by atoms with Crippen LogP contribution >= 0.6 is 0 Å². The molecule has 0 aromatic carbocycles. The number of pyridine rings is 1. The molecule has 1 atom stereocenters. The van der Waals surface area contributed by atoms with Crippen molar-refractivity contribution in [3.63, 3.8) is 0 Å². The van der Waals surface area contributed by atoms with Gasteiger partial charge in [-0.2, -0.15) is 0 Å². The standard InChI is InChI=1S/C14H20N2O/c1-3-15-14(12-5-4-8-17-10-12)13-9-11(2)6-7-16-13/h6-7,9-10,14-15H,3-5,8H2,1-2H3. The Balaban J connectivity index is 2.24. The molecule has 0 spiro atoms. The third-order valence-electron chi connectivity index (χ3n) is 2.97. The Kier molecular flexibility index (Phi) is 4.15. The molecule has 1 aliphatic rings. The quantitative estimate of drug-likeness (QED) is 0.866. The molecule has 0 saturated heterocycles. The lowest BCUT2D eigenvalue weighted by Crippen LogP contribution is -2.25. The van der Waals surface area contributed by atoms with Crippen LogP contribution in [0.15, 0.2) is 30.2 Å². The maximum Gasteiger partial charge on any atom is 0.0876 e. The molecule has 1 aromatic rings. The summed E-state index contributed by atoms with van der Waals surface area (Å²) >= 11 is 0. The largest absolute Gasteiger partial charge is 0.501 e. The van der Waals surface area contributed by atoms with Crippen molar-refractivity contribution in [2.24, 2.45) is 0 Å². The molecule has 3 nitrogen and oxygen atoms in total. The monoisotopic (exact) mass is 232 g/mol. The van der Waals surface area contributed by atoms with E-state index in [2.05, 4.69) is 30.2 Å². The van der Waals surface area contributed by atoms with E-state index in [1.165, 1.54) is 11.1 Å². The maximum absolute atomic E-state index is 5.43. The fourth-order valence-corrected chi connectivity index (χ4v) is 2.14. The average Bonchev–Trinajstić information content (AvgIpc) is 2.37. The predicted molar refractivity (Wildman–Crippen MR) is 68.7 cm³/mol. The number of likely N-dealkylation sites (N-methyl/N-ethyl adjacent to an activating group) is 1. The van der Waals surface area contributed by atoms with E-state index in [4.69, 9.17) is 4.74 Å². The van der Waals surface area contributed by atoms with Gasteiger partial charge in [-0.15, -0.1) is 0 Å². The van der Waals surface area contributed by atoms with Gasteiger partial charge in [-0.25, -0.2) is 0 Å². The van der Waals surface area contributed by atoms with Gasteiger partial charge in [0.05, 0.1) is 24.6 Å². The van der Waals surface area contributed by atoms with E-state index in [9.17, 15) is 0 Å². The third-order valence-corrected chi connectivity index (χ3v) is 2.97. The molecule has 92 valence electrons. The zero-order chi connectivity index (χ0) is 12.1. The van der Waals surface area contributed by atoms with Crippen LogP contribution in [0.5, 0.6) is 0 Å². The van der Waals surface area contributed by atoms with Crippen molar-refractivity contribution in [1.29, 1.82) is 0 Å². The Bertz CT molecular complexity index is 401. The van der Waals surface area contributed by atoms with Gasteiger partial charge in [0.25, 0.3) is 0 Å². The highest BCUT2D eigenvalue weighted by atomic mass is 16.5. The topological polar surface area (TPSA) is 34.1 Å². The fourth-order valence-electron chi connectivity index (χ4n) is 2.14. The van der Waals surface area contributed by atoms with Gasteiger partial charge in [0, 0.05) is 6.20 Å². The normalized spacial score (nSPS) is 17.2. The van der Waals surface area contributed by atoms with Gasteiger partial charge in [0.1, 0.15) is 0 Å². The predicted octanol–water partition coefficient (Wildman–Crippen LogP) is 2.73. The smallest absolute Gasteiger partial charge is 0.0876 e. The first-order chi connectivity index (χ1) is 8.31. The summed E-state index contributed by atoms with van der Waals surface area (Å²) in [6.07, 6.45) is 5.97. The minimum Gasteiger partial charge on any atom is -0.501 e. The van der Waals surface area contributed by atoms with Crippen molar-refractivity contribution < 1.29 is 4.74 Å². The first-order valence-corrected chi connectivity index (χ1v) is 6.27. The summed E-state index contributed by atoms with van der Waals surface area (Å²) in [5.74, 6) is 0. The summed E-state index contributed by atoms with van der Waals surface area (Å²) in [6.45, 7) is 5.98. The first-order valence-electron chi connectivity index (χ1n) is 6.27. The number of aromatic nitrogens is 1. The Morgan fingerprint density at radius 3 is 3.06 bits per heavy atom. The van der Waals surface area contributed by atoms with Gasteiger partial charge in [0.2, 0.25) is 0 Å². The van der Waals surface area contributed by atoms with Crippen LogP contribution in [-0.2, 0) is 4.74 Å². The van der Waals surface area contributed by atoms with Crippen molar-refractivity contribution in [1.82, 2.24) is 10.3 Å². The van der Waals surface area contributed by atoms with Gasteiger partial charge in [-0.05, 0) is 49.6 Å². The molecular weight excluding hydrogens is 212 g/mol. The number of rotatable bonds is 4. The summed E-state index contributed by atoms with van der Waals surface area (Å²) in [5.41, 5.74) is 3.63. The number of nitrogens with zero attached hydrogens (tertiary/aromatic N) is 1. The molecule has 0 amide bonds. The highest BCUT2D eigenvalue weighted by Gasteiger charge is 2.19. The Morgan fingerprint density at radius 1 is 1.53 bits per heavy atom. The number of hydrogen-bond donors (Lipinski definition) is 1. The minimum atomic E-state index is 0.195. The Labute approximate surface area is 103 Å². The molecule has 1 N–H and O–H groups in total. The van der Waals surface area contributed by atoms with E-state index in [1.54, 1.807) is 0 Å². The second-order valence-electron chi connectivity index (χ2n) is 4.42. The van der Waals surface area contributed by atoms with Gasteiger partial charge >= 0.3 is 0 Å². The summed E-state index contributed by atoms with van der Waals surface area (Å²) in [6, 6.07) is 4.36. The van der Waals surface area contributed by atoms with E-state index < -0.39 is 0 Å². The molecule has 0 bridgehead atoms. The van der Waals surface area contributed by atoms with Crippen molar-refractivity contribution in [3.8, 4) is 0 Å². The maximum atomic E-state index is 5.43. The number of nitrogens with one attached hydrogen (secondary N) is 1. The van der Waals surface area contributed by atoms with E-state index >= 15 is 0 Å². The van der Waals surface area contributed by atoms with E-state index in [0.29, 0.717) is 0 Å². The molecule has 0 fully saturated rings. The number of hydrogen-bond acceptors (Lipinski definition) is 3. The first kappa shape index (κ1) is 12.1. The highest BCUT2D eigenvalue weighted by molar-refractivity contribution is 5.25. The van der Waals surface area contributed by atoms with Crippen molar-refractivity contribution >= 4 is 0 Å². The van der Waals surface area contributed by atoms with Crippen LogP contribution in [0.4, 0.5) is 0 Å². The molecule has 0 saturated carbocycles. The van der Waals surface area contributed by atoms with Crippen LogP contribution in [0.2, 0.25) is 0 Å². The number of ether oxygens (including phenoxy) is 1. The second-order valence-corrected chi connectivity index (χ2v) is 4.42. The van der Waals surface area contributed by atoms with E-state index in [0.717, 1.165) is 31.7 Å². The van der Waals surface area contributed by atoms with E-state index in [-0.39, 0.29) is 6.04 Å². The van der Waals surface area contributed by atoms with Crippen LogP contribution in [0.3, 0.4) is 0 Å². The zero-order valence-corrected chi connectivity index (χ0v) is 10.6. The van der Waals surface area contributed by atoms with Crippen molar-refractivity contribution in [3.05, 3.63) is 41.4 Å². The Morgan fingerprint density at radius 2 is 2.41 bits per heavy atom. The summed E-state index contributed by atoms with van der Waals surface area (Å²) in [5, 5.41) is 3.49. The minimum absolute atomic E-state index is 0.195. The van der Waals surface area contributed by atoms with Crippen molar-refractivity contribution in [2.45, 2.75) is 32.7 Å².